The van der Waals surface area contributed by atoms with E-state index in [4.69, 9.17) is 5.11 Å². The average Bonchev–Trinajstić information content (AvgIpc) is 2.74. The summed E-state index contributed by atoms with van der Waals surface area (Å²) in [5.41, 5.74) is -1.67. The van der Waals surface area contributed by atoms with Gasteiger partial charge in [0.15, 0.2) is 5.69 Å². The number of amides is 1. The summed E-state index contributed by atoms with van der Waals surface area (Å²) in [5, 5.41) is 20.8. The minimum atomic E-state index is -1.29. The van der Waals surface area contributed by atoms with Crippen LogP contribution in [0.2, 0.25) is 0 Å². The van der Waals surface area contributed by atoms with Crippen molar-refractivity contribution in [1.29, 1.82) is 0 Å². The topological polar surface area (TPSA) is 129 Å². The lowest BCUT2D eigenvalue weighted by Gasteiger charge is -2.29. The van der Waals surface area contributed by atoms with Crippen LogP contribution in [-0.2, 0) is 4.79 Å². The van der Waals surface area contributed by atoms with Crippen LogP contribution in [0.3, 0.4) is 0 Å². The summed E-state index contributed by atoms with van der Waals surface area (Å²) in [6.45, 7) is 0. The van der Waals surface area contributed by atoms with Crippen LogP contribution in [0.1, 0.15) is 59.5 Å². The van der Waals surface area contributed by atoms with Crippen molar-refractivity contribution in [2.75, 3.05) is 0 Å². The molecule has 22 heavy (non-hydrogen) atoms. The molecule has 2 rings (SSSR count). The van der Waals surface area contributed by atoms with Gasteiger partial charge in [-0.15, -0.1) is 0 Å². The van der Waals surface area contributed by atoms with E-state index in [0.717, 1.165) is 38.1 Å². The molecular formula is C14H17N3O5. The largest absolute Gasteiger partial charge is 0.480 e. The van der Waals surface area contributed by atoms with Crippen LogP contribution in [0.5, 0.6) is 0 Å². The van der Waals surface area contributed by atoms with Crippen molar-refractivity contribution >= 4 is 17.8 Å². The van der Waals surface area contributed by atoms with Gasteiger partial charge in [-0.05, 0) is 12.8 Å². The first-order valence-electron chi connectivity index (χ1n) is 7.06. The zero-order valence-corrected chi connectivity index (χ0v) is 11.9. The second-order valence-corrected chi connectivity index (χ2v) is 5.35. The Kier molecular flexibility index (Phi) is 4.69. The van der Waals surface area contributed by atoms with Crippen molar-refractivity contribution in [3.63, 3.8) is 0 Å². The van der Waals surface area contributed by atoms with Crippen LogP contribution in [0.25, 0.3) is 0 Å². The van der Waals surface area contributed by atoms with Crippen molar-refractivity contribution in [2.24, 2.45) is 0 Å². The molecule has 1 fully saturated rings. The molecule has 0 spiro atoms. The fourth-order valence-corrected chi connectivity index (χ4v) is 2.56. The molecule has 0 atom stereocenters. The van der Waals surface area contributed by atoms with Crippen LogP contribution >= 0.6 is 0 Å². The summed E-state index contributed by atoms with van der Waals surface area (Å²) in [6, 6.07) is 0. The third-order valence-corrected chi connectivity index (χ3v) is 3.82. The zero-order valence-electron chi connectivity index (χ0n) is 11.9. The molecule has 1 heterocycles. The molecule has 0 unspecified atom stereocenters. The predicted octanol–water partition coefficient (Wildman–Crippen LogP) is 1.08. The Labute approximate surface area is 126 Å². The zero-order chi connectivity index (χ0) is 16.2. The number of hydrogen-bond donors (Lipinski definition) is 3. The predicted molar refractivity (Wildman–Crippen MR) is 74.5 cm³/mol. The molecule has 0 aliphatic heterocycles. The molecule has 118 valence electrons. The van der Waals surface area contributed by atoms with Gasteiger partial charge < -0.3 is 15.5 Å². The van der Waals surface area contributed by atoms with Gasteiger partial charge in [0.25, 0.3) is 5.91 Å². The molecule has 0 aromatic carbocycles. The van der Waals surface area contributed by atoms with E-state index in [-0.39, 0.29) is 11.4 Å². The Bertz CT molecular complexity index is 577. The number of carboxylic acid groups (broad SMARTS) is 2. The van der Waals surface area contributed by atoms with E-state index >= 15 is 0 Å². The van der Waals surface area contributed by atoms with Crippen molar-refractivity contribution in [3.05, 3.63) is 23.8 Å². The summed E-state index contributed by atoms with van der Waals surface area (Å²) in [7, 11) is 0. The highest BCUT2D eigenvalue weighted by atomic mass is 16.4. The Morgan fingerprint density at radius 3 is 1.95 bits per heavy atom. The van der Waals surface area contributed by atoms with Gasteiger partial charge in [0.2, 0.25) is 0 Å². The number of aromatic carboxylic acids is 1. The molecule has 1 amide bonds. The fraction of sp³-hybridized carbons (Fsp3) is 0.500. The van der Waals surface area contributed by atoms with Crippen LogP contribution in [0.4, 0.5) is 0 Å². The molecule has 1 aromatic rings. The molecule has 1 saturated carbocycles. The highest BCUT2D eigenvalue weighted by Gasteiger charge is 2.40. The molecule has 8 heteroatoms. The van der Waals surface area contributed by atoms with Gasteiger partial charge in [0.05, 0.1) is 12.4 Å². The van der Waals surface area contributed by atoms with E-state index in [9.17, 15) is 19.5 Å². The first-order chi connectivity index (χ1) is 10.4. The summed E-state index contributed by atoms with van der Waals surface area (Å²) in [4.78, 5) is 41.8. The summed E-state index contributed by atoms with van der Waals surface area (Å²) >= 11 is 0. The number of carbonyl (C=O) groups excluding carboxylic acids is 1. The first-order valence-corrected chi connectivity index (χ1v) is 7.06. The molecule has 1 aliphatic rings. The molecule has 1 aliphatic carbocycles. The number of carbonyl (C=O) groups is 3. The van der Waals surface area contributed by atoms with Crippen molar-refractivity contribution in [1.82, 2.24) is 15.3 Å². The minimum Gasteiger partial charge on any atom is -0.480 e. The van der Waals surface area contributed by atoms with Crippen molar-refractivity contribution < 1.29 is 24.6 Å². The lowest BCUT2D eigenvalue weighted by atomic mass is 9.90. The molecule has 0 saturated heterocycles. The average molecular weight is 307 g/mol. The monoisotopic (exact) mass is 307 g/mol. The Balaban J connectivity index is 2.17. The third kappa shape index (κ3) is 3.38. The SMILES string of the molecule is O=C(O)c1cnc(C(=O)NC2(C(=O)O)CCCCCC2)cn1. The number of nitrogens with zero attached hydrogens (tertiary/aromatic N) is 2. The first kappa shape index (κ1) is 15.9. The van der Waals surface area contributed by atoms with E-state index in [1.807, 2.05) is 0 Å². The van der Waals surface area contributed by atoms with Crippen LogP contribution < -0.4 is 5.32 Å². The number of aromatic nitrogens is 2. The Morgan fingerprint density at radius 2 is 1.50 bits per heavy atom. The highest BCUT2D eigenvalue weighted by molar-refractivity contribution is 5.96. The smallest absolute Gasteiger partial charge is 0.356 e. The van der Waals surface area contributed by atoms with E-state index < -0.39 is 23.4 Å². The maximum atomic E-state index is 12.2. The fourth-order valence-electron chi connectivity index (χ4n) is 2.56. The van der Waals surface area contributed by atoms with E-state index in [1.165, 1.54) is 0 Å². The van der Waals surface area contributed by atoms with Gasteiger partial charge in [-0.3, -0.25) is 4.79 Å². The Hall–Kier alpha value is -2.51. The standard InChI is InChI=1S/C14H17N3O5/c18-11(9-7-16-10(8-15-9)12(19)20)17-14(13(21)22)5-3-1-2-4-6-14/h7-8H,1-6H2,(H,17,18)(H,19,20)(H,21,22). The second kappa shape index (κ2) is 6.50. The molecule has 1 aromatic heterocycles. The molecule has 0 bridgehead atoms. The number of carboxylic acids is 2. The summed E-state index contributed by atoms with van der Waals surface area (Å²) in [5.74, 6) is -2.96. The summed E-state index contributed by atoms with van der Waals surface area (Å²) < 4.78 is 0. The molecular weight excluding hydrogens is 290 g/mol. The minimum absolute atomic E-state index is 0.102. The number of aliphatic carboxylic acids is 1. The normalized spacial score (nSPS) is 17.3. The second-order valence-electron chi connectivity index (χ2n) is 5.35. The van der Waals surface area contributed by atoms with Gasteiger partial charge in [-0.2, -0.15) is 0 Å². The van der Waals surface area contributed by atoms with Gasteiger partial charge in [0.1, 0.15) is 11.2 Å². The van der Waals surface area contributed by atoms with E-state index in [2.05, 4.69) is 15.3 Å². The Morgan fingerprint density at radius 1 is 0.955 bits per heavy atom. The van der Waals surface area contributed by atoms with Crippen molar-refractivity contribution in [3.8, 4) is 0 Å². The van der Waals surface area contributed by atoms with Gasteiger partial charge in [-0.25, -0.2) is 19.6 Å². The van der Waals surface area contributed by atoms with E-state index in [0.29, 0.717) is 12.8 Å². The van der Waals surface area contributed by atoms with E-state index in [1.54, 1.807) is 0 Å². The number of nitrogens with one attached hydrogen (secondary N) is 1. The highest BCUT2D eigenvalue weighted by Crippen LogP contribution is 2.27. The van der Waals surface area contributed by atoms with Crippen molar-refractivity contribution in [2.45, 2.75) is 44.1 Å². The lowest BCUT2D eigenvalue weighted by Crippen LogP contribution is -2.54. The lowest BCUT2D eigenvalue weighted by molar-refractivity contribution is -0.145. The van der Waals surface area contributed by atoms with Gasteiger partial charge >= 0.3 is 11.9 Å². The van der Waals surface area contributed by atoms with Gasteiger partial charge in [0, 0.05) is 0 Å². The molecule has 0 radical (unpaired) electrons. The number of rotatable bonds is 4. The number of hydrogen-bond acceptors (Lipinski definition) is 5. The third-order valence-electron chi connectivity index (χ3n) is 3.82. The maximum absolute atomic E-state index is 12.2. The molecule has 8 nitrogen and oxygen atoms in total. The van der Waals surface area contributed by atoms with Crippen LogP contribution in [-0.4, -0.2) is 43.6 Å². The molecule has 3 N–H and O–H groups in total. The van der Waals surface area contributed by atoms with Crippen LogP contribution in [0.15, 0.2) is 12.4 Å². The quantitative estimate of drug-likeness (QED) is 0.710. The maximum Gasteiger partial charge on any atom is 0.356 e. The van der Waals surface area contributed by atoms with Gasteiger partial charge in [-0.1, -0.05) is 25.7 Å². The van der Waals surface area contributed by atoms with Crippen LogP contribution in [0, 0.1) is 0 Å². The summed E-state index contributed by atoms with van der Waals surface area (Å²) in [6.07, 6.45) is 6.09.